The van der Waals surface area contributed by atoms with Gasteiger partial charge in [0.15, 0.2) is 11.8 Å². The van der Waals surface area contributed by atoms with Crippen molar-refractivity contribution in [3.05, 3.63) is 16.1 Å². The summed E-state index contributed by atoms with van der Waals surface area (Å²) in [6.45, 7) is 15.0. The van der Waals surface area contributed by atoms with E-state index in [1.54, 1.807) is 59.1 Å². The topological polar surface area (TPSA) is 127 Å². The molecule has 11 nitrogen and oxygen atoms in total. The van der Waals surface area contributed by atoms with Gasteiger partial charge in [-0.3, -0.25) is 4.79 Å². The Kier molecular flexibility index (Phi) is 13.2. The Hall–Kier alpha value is -2.89. The molecule has 1 aromatic rings. The van der Waals surface area contributed by atoms with Crippen molar-refractivity contribution in [2.24, 2.45) is 11.8 Å². The average Bonchev–Trinajstić information content (AvgIpc) is 3.32. The molecule has 0 aliphatic rings. The van der Waals surface area contributed by atoms with Crippen LogP contribution in [0.5, 0.6) is 0 Å². The molecule has 3 amide bonds. The second kappa shape index (κ2) is 15.0. The molecule has 0 bridgehead atoms. The summed E-state index contributed by atoms with van der Waals surface area (Å²) in [4.78, 5) is 58.3. The summed E-state index contributed by atoms with van der Waals surface area (Å²) in [6.07, 6.45) is -1.17. The zero-order chi connectivity index (χ0) is 30.1. The maximum Gasteiger partial charge on any atom is 0.409 e. The molecule has 1 heterocycles. The van der Waals surface area contributed by atoms with Crippen LogP contribution in [0.4, 0.5) is 9.59 Å². The van der Waals surface area contributed by atoms with Crippen molar-refractivity contribution in [3.63, 3.8) is 0 Å². The fourth-order valence-corrected chi connectivity index (χ4v) is 4.59. The van der Waals surface area contributed by atoms with E-state index in [0.29, 0.717) is 11.4 Å². The van der Waals surface area contributed by atoms with E-state index in [1.165, 1.54) is 16.2 Å². The number of likely N-dealkylation sites (N-methyl/N-ethyl adjacent to an activating group) is 1. The smallest absolute Gasteiger partial charge is 0.409 e. The second-order valence-electron chi connectivity index (χ2n) is 11.1. The average molecular weight is 571 g/mol. The standard InChI is InChI=1S/C27H46N4O7S/c1-12-17(5)21(29-25(34)38-27(6,7)8)23(32)31(11)19(16(3)4)14-20(37-26(35)30(9)10)22-28-18(15-39-22)24(33)36-13-2/h15-17,19-21H,12-14H2,1-11H3,(H,29,34)/t17-,19+,20+,21-/m0/s1. The third-order valence-electron chi connectivity index (χ3n) is 6.11. The molecule has 0 spiro atoms. The molecule has 0 fully saturated rings. The number of alkyl carbamates (subject to hydrolysis) is 1. The summed E-state index contributed by atoms with van der Waals surface area (Å²) < 4.78 is 16.2. The Morgan fingerprint density at radius 3 is 2.18 bits per heavy atom. The normalized spacial score (nSPS) is 14.6. The van der Waals surface area contributed by atoms with Crippen molar-refractivity contribution in [1.29, 1.82) is 0 Å². The highest BCUT2D eigenvalue weighted by molar-refractivity contribution is 7.09. The molecule has 39 heavy (non-hydrogen) atoms. The number of amides is 3. The van der Waals surface area contributed by atoms with Crippen LogP contribution in [0.15, 0.2) is 5.38 Å². The molecule has 0 aliphatic heterocycles. The fraction of sp³-hybridized carbons (Fsp3) is 0.741. The molecule has 0 aromatic carbocycles. The Bertz CT molecular complexity index is 974. The lowest BCUT2D eigenvalue weighted by Crippen LogP contribution is -2.55. The van der Waals surface area contributed by atoms with E-state index in [9.17, 15) is 19.2 Å². The number of nitrogens with one attached hydrogen (secondary N) is 1. The van der Waals surface area contributed by atoms with E-state index in [-0.39, 0.29) is 42.5 Å². The Balaban J connectivity index is 3.31. The molecule has 0 saturated heterocycles. The SMILES string of the molecule is CCOC(=O)c1csc([C@@H](C[C@H](C(C)C)N(C)C(=O)[C@@H](NC(=O)OC(C)(C)C)[C@@H](C)CC)OC(=O)N(C)C)n1. The monoisotopic (exact) mass is 570 g/mol. The Morgan fingerprint density at radius 2 is 1.69 bits per heavy atom. The maximum absolute atomic E-state index is 13.8. The van der Waals surface area contributed by atoms with Gasteiger partial charge in [-0.15, -0.1) is 11.3 Å². The number of nitrogens with zero attached hydrogens (tertiary/aromatic N) is 3. The molecule has 12 heteroatoms. The van der Waals surface area contributed by atoms with Gasteiger partial charge >= 0.3 is 18.2 Å². The molecule has 0 unspecified atom stereocenters. The molecule has 0 radical (unpaired) electrons. The third-order valence-corrected chi connectivity index (χ3v) is 7.05. The number of carbonyl (C=O) groups is 4. The Labute approximate surface area is 236 Å². The minimum absolute atomic E-state index is 0.0388. The van der Waals surface area contributed by atoms with E-state index >= 15 is 0 Å². The van der Waals surface area contributed by atoms with Gasteiger partial charge < -0.3 is 29.3 Å². The Morgan fingerprint density at radius 1 is 1.08 bits per heavy atom. The van der Waals surface area contributed by atoms with Crippen LogP contribution in [0.3, 0.4) is 0 Å². The molecule has 0 aliphatic carbocycles. The van der Waals surface area contributed by atoms with Crippen molar-refractivity contribution in [3.8, 4) is 0 Å². The minimum atomic E-state index is -0.823. The minimum Gasteiger partial charge on any atom is -0.461 e. The van der Waals surface area contributed by atoms with E-state index in [0.717, 1.165) is 0 Å². The molecule has 1 rings (SSSR count). The van der Waals surface area contributed by atoms with Gasteiger partial charge in [-0.2, -0.15) is 0 Å². The van der Waals surface area contributed by atoms with E-state index in [1.807, 2.05) is 27.7 Å². The number of thiazole rings is 1. The van der Waals surface area contributed by atoms with Gasteiger partial charge in [0.05, 0.1) is 6.61 Å². The number of hydrogen-bond donors (Lipinski definition) is 1. The van der Waals surface area contributed by atoms with Gasteiger partial charge in [-0.1, -0.05) is 34.1 Å². The van der Waals surface area contributed by atoms with Crippen LogP contribution < -0.4 is 5.32 Å². The molecule has 222 valence electrons. The van der Waals surface area contributed by atoms with Gasteiger partial charge in [0, 0.05) is 39.0 Å². The summed E-state index contributed by atoms with van der Waals surface area (Å²) in [5.74, 6) is -1.04. The van der Waals surface area contributed by atoms with E-state index in [4.69, 9.17) is 14.2 Å². The van der Waals surface area contributed by atoms with Crippen molar-refractivity contribution >= 4 is 35.4 Å². The van der Waals surface area contributed by atoms with E-state index < -0.39 is 35.9 Å². The first-order valence-corrected chi connectivity index (χ1v) is 14.2. The number of hydrogen-bond acceptors (Lipinski definition) is 9. The lowest BCUT2D eigenvalue weighted by Gasteiger charge is -2.37. The maximum atomic E-state index is 13.8. The first-order valence-electron chi connectivity index (χ1n) is 13.3. The van der Waals surface area contributed by atoms with Crippen molar-refractivity contribution in [2.75, 3.05) is 27.7 Å². The van der Waals surface area contributed by atoms with Crippen LogP contribution in [0, 0.1) is 11.8 Å². The fourth-order valence-electron chi connectivity index (χ4n) is 3.76. The molecule has 4 atom stereocenters. The molecule has 1 aromatic heterocycles. The number of aromatic nitrogens is 1. The molecular weight excluding hydrogens is 524 g/mol. The van der Waals surface area contributed by atoms with E-state index in [2.05, 4.69) is 10.3 Å². The highest BCUT2D eigenvalue weighted by Crippen LogP contribution is 2.31. The number of esters is 1. The predicted octanol–water partition coefficient (Wildman–Crippen LogP) is 4.87. The van der Waals surface area contributed by atoms with Crippen LogP contribution in [-0.2, 0) is 19.0 Å². The second-order valence-corrected chi connectivity index (χ2v) is 12.0. The number of rotatable bonds is 12. The van der Waals surface area contributed by atoms with Gasteiger partial charge in [0.25, 0.3) is 0 Å². The highest BCUT2D eigenvalue weighted by atomic mass is 32.1. The number of carbonyl (C=O) groups excluding carboxylic acids is 4. The van der Waals surface area contributed by atoms with Gasteiger partial charge in [0.1, 0.15) is 16.7 Å². The predicted molar refractivity (Wildman–Crippen MR) is 150 cm³/mol. The van der Waals surface area contributed by atoms with Crippen LogP contribution >= 0.6 is 11.3 Å². The zero-order valence-electron chi connectivity index (χ0n) is 25.2. The van der Waals surface area contributed by atoms with Crippen LogP contribution in [-0.4, -0.2) is 84.3 Å². The van der Waals surface area contributed by atoms with Gasteiger partial charge in [0.2, 0.25) is 5.91 Å². The summed E-state index contributed by atoms with van der Waals surface area (Å²) in [5, 5.41) is 4.74. The molecule has 0 saturated carbocycles. The summed E-state index contributed by atoms with van der Waals surface area (Å²) in [7, 11) is 4.82. The van der Waals surface area contributed by atoms with Crippen LogP contribution in [0.2, 0.25) is 0 Å². The lowest BCUT2D eigenvalue weighted by atomic mass is 9.93. The largest absolute Gasteiger partial charge is 0.461 e. The third kappa shape index (κ3) is 10.7. The summed E-state index contributed by atoms with van der Waals surface area (Å²) >= 11 is 1.18. The molecule has 1 N–H and O–H groups in total. The summed E-state index contributed by atoms with van der Waals surface area (Å²) in [6, 6.07) is -1.20. The lowest BCUT2D eigenvalue weighted by molar-refractivity contribution is -0.137. The zero-order valence-corrected chi connectivity index (χ0v) is 26.0. The van der Waals surface area contributed by atoms with Crippen molar-refractivity contribution in [1.82, 2.24) is 20.1 Å². The first-order chi connectivity index (χ1) is 18.0. The van der Waals surface area contributed by atoms with Crippen molar-refractivity contribution < 1.29 is 33.4 Å². The quantitative estimate of drug-likeness (QED) is 0.278. The highest BCUT2D eigenvalue weighted by Gasteiger charge is 2.36. The van der Waals surface area contributed by atoms with Gasteiger partial charge in [-0.05, 0) is 39.5 Å². The van der Waals surface area contributed by atoms with Gasteiger partial charge in [-0.25, -0.2) is 19.4 Å². The number of ether oxygens (including phenoxy) is 3. The first kappa shape index (κ1) is 34.1. The van der Waals surface area contributed by atoms with Crippen LogP contribution in [0.25, 0.3) is 0 Å². The summed E-state index contributed by atoms with van der Waals surface area (Å²) in [5.41, 5.74) is -0.578. The molecular formula is C27H46N4O7S. The van der Waals surface area contributed by atoms with Crippen LogP contribution in [0.1, 0.15) is 89.8 Å². The van der Waals surface area contributed by atoms with Crippen molar-refractivity contribution in [2.45, 2.75) is 92.0 Å².